The molecule has 0 amide bonds. The van der Waals surface area contributed by atoms with Gasteiger partial charge in [0.15, 0.2) is 0 Å². The third kappa shape index (κ3) is 4.36. The second-order valence-electron chi connectivity index (χ2n) is 4.77. The van der Waals surface area contributed by atoms with Crippen molar-refractivity contribution >= 4 is 39.1 Å². The van der Waals surface area contributed by atoms with E-state index in [9.17, 15) is 0 Å². The first-order valence-corrected chi connectivity index (χ1v) is 8.12. The summed E-state index contributed by atoms with van der Waals surface area (Å²) in [5, 5.41) is 1.29. The van der Waals surface area contributed by atoms with Gasteiger partial charge in [0.05, 0.1) is 0 Å². The van der Waals surface area contributed by atoms with Gasteiger partial charge in [-0.15, -0.1) is 0 Å². The van der Waals surface area contributed by atoms with Crippen molar-refractivity contribution in [3.05, 3.63) is 61.5 Å². The zero-order chi connectivity index (χ0) is 15.4. The summed E-state index contributed by atoms with van der Waals surface area (Å²) >= 11 is 15.7. The Hall–Kier alpha value is -0.740. The lowest BCUT2D eigenvalue weighted by molar-refractivity contribution is 0.301. The highest BCUT2D eigenvalue weighted by Gasteiger charge is 2.10. The molecule has 0 fully saturated rings. The quantitative estimate of drug-likeness (QED) is 0.769. The molecule has 2 rings (SSSR count). The summed E-state index contributed by atoms with van der Waals surface area (Å²) in [5.74, 6) is 0.861. The molecule has 0 atom stereocenters. The molecule has 0 unspecified atom stereocenters. The molecule has 0 spiro atoms. The molecule has 0 radical (unpaired) electrons. The number of halogens is 3. The number of benzene rings is 2. The van der Waals surface area contributed by atoms with Crippen molar-refractivity contribution in [1.82, 2.24) is 0 Å². The number of hydrogen-bond acceptors (Lipinski definition) is 2. The Kier molecular flexibility index (Phi) is 5.94. The first-order chi connectivity index (χ1) is 10.0. The second kappa shape index (κ2) is 7.50. The lowest BCUT2D eigenvalue weighted by Crippen LogP contribution is -2.07. The van der Waals surface area contributed by atoms with Crippen LogP contribution in [-0.4, -0.2) is 6.54 Å². The lowest BCUT2D eigenvalue weighted by atomic mass is 10.1. The molecular weight excluding hydrogens is 373 g/mol. The molecule has 2 N–H and O–H groups in total. The van der Waals surface area contributed by atoms with Crippen molar-refractivity contribution in [3.8, 4) is 5.75 Å². The van der Waals surface area contributed by atoms with E-state index in [2.05, 4.69) is 15.9 Å². The van der Waals surface area contributed by atoms with E-state index in [1.165, 1.54) is 0 Å². The van der Waals surface area contributed by atoms with Crippen molar-refractivity contribution in [3.63, 3.8) is 0 Å². The standard InChI is InChI=1S/C16H16BrCl2NO/c1-10-6-13(17)7-11(4-5-20)16(10)21-9-12-8-14(18)2-3-15(12)19/h2-3,6-8H,4-5,9,20H2,1H3. The number of nitrogens with two attached hydrogens (primary N) is 1. The maximum absolute atomic E-state index is 6.16. The molecule has 0 aliphatic heterocycles. The molecule has 112 valence electrons. The average molecular weight is 389 g/mol. The Morgan fingerprint density at radius 1 is 1.14 bits per heavy atom. The van der Waals surface area contributed by atoms with E-state index in [1.54, 1.807) is 12.1 Å². The molecule has 2 aromatic rings. The summed E-state index contributed by atoms with van der Waals surface area (Å²) in [4.78, 5) is 0. The van der Waals surface area contributed by atoms with E-state index < -0.39 is 0 Å². The Bertz CT molecular complexity index is 646. The molecule has 0 saturated carbocycles. The van der Waals surface area contributed by atoms with Gasteiger partial charge in [-0.2, -0.15) is 0 Å². The van der Waals surface area contributed by atoms with Crippen LogP contribution in [0.5, 0.6) is 5.75 Å². The van der Waals surface area contributed by atoms with Crippen LogP contribution in [0, 0.1) is 6.92 Å². The summed E-state index contributed by atoms with van der Waals surface area (Å²) in [6, 6.07) is 9.42. The molecule has 0 heterocycles. The highest BCUT2D eigenvalue weighted by molar-refractivity contribution is 9.10. The maximum atomic E-state index is 6.16. The monoisotopic (exact) mass is 387 g/mol. The fraction of sp³-hybridized carbons (Fsp3) is 0.250. The second-order valence-corrected chi connectivity index (χ2v) is 6.53. The largest absolute Gasteiger partial charge is 0.488 e. The Morgan fingerprint density at radius 3 is 2.62 bits per heavy atom. The summed E-state index contributed by atoms with van der Waals surface area (Å²) in [7, 11) is 0. The first kappa shape index (κ1) is 16.6. The van der Waals surface area contributed by atoms with Crippen LogP contribution >= 0.6 is 39.1 Å². The van der Waals surface area contributed by atoms with Crippen LogP contribution in [0.15, 0.2) is 34.8 Å². The van der Waals surface area contributed by atoms with Crippen LogP contribution in [0.2, 0.25) is 10.0 Å². The lowest BCUT2D eigenvalue weighted by Gasteiger charge is -2.15. The normalized spacial score (nSPS) is 10.7. The zero-order valence-electron chi connectivity index (χ0n) is 11.6. The van der Waals surface area contributed by atoms with E-state index in [-0.39, 0.29) is 0 Å². The third-order valence-corrected chi connectivity index (χ3v) is 4.17. The van der Waals surface area contributed by atoms with Gasteiger partial charge in [0.1, 0.15) is 12.4 Å². The molecule has 0 aliphatic rings. The van der Waals surface area contributed by atoms with Crippen molar-refractivity contribution < 1.29 is 4.74 Å². The molecule has 2 aromatic carbocycles. The number of hydrogen-bond donors (Lipinski definition) is 1. The fourth-order valence-electron chi connectivity index (χ4n) is 2.15. The van der Waals surface area contributed by atoms with Crippen LogP contribution < -0.4 is 10.5 Å². The van der Waals surface area contributed by atoms with Crippen molar-refractivity contribution in [2.24, 2.45) is 5.73 Å². The third-order valence-electron chi connectivity index (χ3n) is 3.11. The van der Waals surface area contributed by atoms with Crippen LogP contribution in [0.3, 0.4) is 0 Å². The molecule has 21 heavy (non-hydrogen) atoms. The van der Waals surface area contributed by atoms with Crippen LogP contribution in [0.1, 0.15) is 16.7 Å². The maximum Gasteiger partial charge on any atom is 0.126 e. The van der Waals surface area contributed by atoms with E-state index >= 15 is 0 Å². The van der Waals surface area contributed by atoms with Gasteiger partial charge in [0.25, 0.3) is 0 Å². The van der Waals surface area contributed by atoms with Gasteiger partial charge in [-0.25, -0.2) is 0 Å². The SMILES string of the molecule is Cc1cc(Br)cc(CCN)c1OCc1cc(Cl)ccc1Cl. The van der Waals surface area contributed by atoms with Gasteiger partial charge in [-0.3, -0.25) is 0 Å². The minimum Gasteiger partial charge on any atom is -0.488 e. The fourth-order valence-corrected chi connectivity index (χ4v) is 3.14. The van der Waals surface area contributed by atoms with E-state index in [4.69, 9.17) is 33.7 Å². The van der Waals surface area contributed by atoms with Gasteiger partial charge in [0, 0.05) is 20.1 Å². The molecule has 0 aliphatic carbocycles. The molecule has 0 aromatic heterocycles. The predicted molar refractivity (Wildman–Crippen MR) is 92.4 cm³/mol. The van der Waals surface area contributed by atoms with E-state index in [0.29, 0.717) is 23.2 Å². The average Bonchev–Trinajstić information content (AvgIpc) is 2.41. The van der Waals surface area contributed by atoms with E-state index in [0.717, 1.165) is 33.3 Å². The molecular formula is C16H16BrCl2NO. The van der Waals surface area contributed by atoms with Gasteiger partial charge >= 0.3 is 0 Å². The van der Waals surface area contributed by atoms with Gasteiger partial charge < -0.3 is 10.5 Å². The van der Waals surface area contributed by atoms with Crippen molar-refractivity contribution in [2.75, 3.05) is 6.54 Å². The molecule has 0 saturated heterocycles. The minimum absolute atomic E-state index is 0.374. The number of aryl methyl sites for hydroxylation is 1. The summed E-state index contributed by atoms with van der Waals surface area (Å²) in [5.41, 5.74) is 8.68. The van der Waals surface area contributed by atoms with Crippen LogP contribution in [0.25, 0.3) is 0 Å². The Morgan fingerprint density at radius 2 is 1.90 bits per heavy atom. The van der Waals surface area contributed by atoms with Crippen molar-refractivity contribution in [1.29, 1.82) is 0 Å². The number of rotatable bonds is 5. The summed E-state index contributed by atoms with van der Waals surface area (Å²) in [6.45, 7) is 2.96. The van der Waals surface area contributed by atoms with Gasteiger partial charge in [0.2, 0.25) is 0 Å². The van der Waals surface area contributed by atoms with E-state index in [1.807, 2.05) is 25.1 Å². The number of ether oxygens (including phenoxy) is 1. The predicted octanol–water partition coefficient (Wildman–Crippen LogP) is 5.14. The Balaban J connectivity index is 2.25. The van der Waals surface area contributed by atoms with Gasteiger partial charge in [-0.1, -0.05) is 39.1 Å². The zero-order valence-corrected chi connectivity index (χ0v) is 14.7. The minimum atomic E-state index is 0.374. The molecule has 0 bridgehead atoms. The Labute approximate surface area is 143 Å². The van der Waals surface area contributed by atoms with Crippen molar-refractivity contribution in [2.45, 2.75) is 20.0 Å². The molecule has 5 heteroatoms. The van der Waals surface area contributed by atoms with Crippen LogP contribution in [-0.2, 0) is 13.0 Å². The highest BCUT2D eigenvalue weighted by Crippen LogP contribution is 2.30. The summed E-state index contributed by atoms with van der Waals surface area (Å²) < 4.78 is 7.00. The highest BCUT2D eigenvalue weighted by atomic mass is 79.9. The summed E-state index contributed by atoms with van der Waals surface area (Å²) in [6.07, 6.45) is 0.763. The van der Waals surface area contributed by atoms with Crippen LogP contribution in [0.4, 0.5) is 0 Å². The van der Waals surface area contributed by atoms with Gasteiger partial charge in [-0.05, 0) is 61.3 Å². The topological polar surface area (TPSA) is 35.2 Å². The smallest absolute Gasteiger partial charge is 0.126 e. The molecule has 2 nitrogen and oxygen atoms in total. The first-order valence-electron chi connectivity index (χ1n) is 6.57.